The molecule has 3 aromatic rings. The second kappa shape index (κ2) is 8.34. The number of nitrogens with zero attached hydrogens (tertiary/aromatic N) is 3. The molecule has 0 spiro atoms. The van der Waals surface area contributed by atoms with Crippen molar-refractivity contribution in [2.75, 3.05) is 5.32 Å². The number of carbonyl (C=O) groups is 2. The molecule has 1 aliphatic heterocycles. The zero-order valence-corrected chi connectivity index (χ0v) is 16.1. The van der Waals surface area contributed by atoms with E-state index in [9.17, 15) is 18.4 Å². The Kier molecular flexibility index (Phi) is 5.86. The van der Waals surface area contributed by atoms with Gasteiger partial charge in [0.05, 0.1) is 5.69 Å². The van der Waals surface area contributed by atoms with Gasteiger partial charge < -0.3 is 11.1 Å². The molecule has 7 nitrogen and oxygen atoms in total. The van der Waals surface area contributed by atoms with E-state index in [0.29, 0.717) is 36.4 Å². The van der Waals surface area contributed by atoms with Crippen LogP contribution in [0.5, 0.6) is 0 Å². The first kappa shape index (κ1) is 20.4. The Morgan fingerprint density at radius 3 is 2.69 bits per heavy atom. The van der Waals surface area contributed by atoms with Crippen molar-refractivity contribution >= 4 is 23.1 Å². The third-order valence-corrected chi connectivity index (χ3v) is 4.45. The van der Waals surface area contributed by atoms with Crippen molar-refractivity contribution in [2.24, 2.45) is 5.73 Å². The molecule has 152 valence electrons. The van der Waals surface area contributed by atoms with E-state index in [4.69, 9.17) is 5.73 Å². The van der Waals surface area contributed by atoms with Gasteiger partial charge in [0.1, 0.15) is 11.6 Å². The quantitative estimate of drug-likeness (QED) is 0.688. The molecule has 1 aliphatic rings. The van der Waals surface area contributed by atoms with Crippen LogP contribution in [0.2, 0.25) is 0 Å². The van der Waals surface area contributed by atoms with Crippen LogP contribution in [0.1, 0.15) is 54.5 Å². The zero-order chi connectivity index (χ0) is 21.1. The van der Waals surface area contributed by atoms with Crippen LogP contribution in [0.4, 0.5) is 14.5 Å². The van der Waals surface area contributed by atoms with Crippen LogP contribution >= 0.6 is 0 Å². The molecule has 2 aromatic heterocycles. The molecule has 29 heavy (non-hydrogen) atoms. The molecule has 0 fully saturated rings. The summed E-state index contributed by atoms with van der Waals surface area (Å²) in [4.78, 5) is 26.1. The van der Waals surface area contributed by atoms with Gasteiger partial charge in [-0.1, -0.05) is 19.9 Å². The fourth-order valence-electron chi connectivity index (χ4n) is 3.07. The van der Waals surface area contributed by atoms with Crippen molar-refractivity contribution in [2.45, 2.75) is 39.0 Å². The molecule has 3 N–H and O–H groups in total. The third kappa shape index (κ3) is 4.56. The minimum atomic E-state index is -0.699. The lowest BCUT2D eigenvalue weighted by Crippen LogP contribution is -2.13. The lowest BCUT2D eigenvalue weighted by molar-refractivity contribution is -0.116. The average molecular weight is 401 g/mol. The Morgan fingerprint density at radius 2 is 2.00 bits per heavy atom. The van der Waals surface area contributed by atoms with Crippen LogP contribution in [0, 0.1) is 11.6 Å². The largest absolute Gasteiger partial charge is 0.363 e. The van der Waals surface area contributed by atoms with Crippen LogP contribution in [0.15, 0.2) is 30.3 Å². The predicted molar refractivity (Wildman–Crippen MR) is 104 cm³/mol. The summed E-state index contributed by atoms with van der Waals surface area (Å²) in [6, 6.07) is 7.70. The number of anilines is 1. The Balaban J connectivity index is 0.000000166. The van der Waals surface area contributed by atoms with E-state index in [1.54, 1.807) is 10.6 Å². The highest BCUT2D eigenvalue weighted by Crippen LogP contribution is 2.26. The lowest BCUT2D eigenvalue weighted by Gasteiger charge is -2.07. The number of benzene rings is 1. The number of nitrogens with one attached hydrogen (secondary N) is 1. The lowest BCUT2D eigenvalue weighted by atomic mass is 10.1. The number of primary amides is 1. The average Bonchev–Trinajstić information content (AvgIpc) is 3.00. The molecule has 0 radical (unpaired) electrons. The Hall–Kier alpha value is -3.36. The van der Waals surface area contributed by atoms with E-state index in [0.717, 1.165) is 11.8 Å². The number of hydrogen-bond donors (Lipinski definition) is 2. The van der Waals surface area contributed by atoms with Crippen molar-refractivity contribution in [3.05, 3.63) is 59.0 Å². The standard InChI is InChI=1S/C10H9F2NO.C10H12N4O/c11-7-4-6-2-1-3-9(14)13-10(6)8(12)5-7;1-6(2)7-4-3-5-8-12-10(9(11)15)13-14(7)8/h4-5H,1-3H2,(H,13,14);3-6H,1-2H3,(H2,11,15). The third-order valence-electron chi connectivity index (χ3n) is 4.45. The molecule has 0 unspecified atom stereocenters. The fourth-order valence-corrected chi connectivity index (χ4v) is 3.07. The van der Waals surface area contributed by atoms with Crippen LogP contribution in [0.3, 0.4) is 0 Å². The molecule has 3 heterocycles. The molecule has 0 atom stereocenters. The number of carbonyl (C=O) groups excluding carboxylic acids is 2. The number of rotatable bonds is 2. The van der Waals surface area contributed by atoms with Gasteiger partial charge in [-0.05, 0) is 42.5 Å². The number of nitrogens with two attached hydrogens (primary N) is 1. The van der Waals surface area contributed by atoms with Crippen LogP contribution in [-0.4, -0.2) is 26.4 Å². The first-order valence-electron chi connectivity index (χ1n) is 9.19. The van der Waals surface area contributed by atoms with Gasteiger partial charge >= 0.3 is 0 Å². The number of aromatic nitrogens is 3. The van der Waals surface area contributed by atoms with Gasteiger partial charge in [0.15, 0.2) is 5.65 Å². The highest BCUT2D eigenvalue weighted by Gasteiger charge is 2.17. The molecule has 0 bridgehead atoms. The van der Waals surface area contributed by atoms with E-state index in [1.807, 2.05) is 12.1 Å². The maximum atomic E-state index is 13.2. The summed E-state index contributed by atoms with van der Waals surface area (Å²) < 4.78 is 27.7. The summed E-state index contributed by atoms with van der Waals surface area (Å²) in [7, 11) is 0. The maximum Gasteiger partial charge on any atom is 0.288 e. The van der Waals surface area contributed by atoms with Gasteiger partial charge in [-0.3, -0.25) is 9.59 Å². The van der Waals surface area contributed by atoms with Gasteiger partial charge in [0.25, 0.3) is 5.91 Å². The first-order chi connectivity index (χ1) is 13.8. The van der Waals surface area contributed by atoms with Gasteiger partial charge in [0.2, 0.25) is 11.7 Å². The number of halogens is 2. The Morgan fingerprint density at radius 1 is 1.24 bits per heavy atom. The summed E-state index contributed by atoms with van der Waals surface area (Å²) in [6.07, 6.45) is 1.51. The second-order valence-corrected chi connectivity index (χ2v) is 7.00. The number of aryl methyl sites for hydroxylation is 1. The number of pyridine rings is 1. The number of fused-ring (bicyclic) bond motifs is 2. The monoisotopic (exact) mass is 401 g/mol. The summed E-state index contributed by atoms with van der Waals surface area (Å²) >= 11 is 0. The molecule has 0 saturated carbocycles. The van der Waals surface area contributed by atoms with Crippen molar-refractivity contribution in [1.82, 2.24) is 14.6 Å². The van der Waals surface area contributed by atoms with Gasteiger partial charge in [-0.25, -0.2) is 18.3 Å². The Labute approximate surface area is 165 Å². The van der Waals surface area contributed by atoms with Crippen molar-refractivity contribution in [3.63, 3.8) is 0 Å². The minimum absolute atomic E-state index is 0.0584. The van der Waals surface area contributed by atoms with Crippen LogP contribution in [0.25, 0.3) is 5.65 Å². The maximum absolute atomic E-state index is 13.2. The predicted octanol–water partition coefficient (Wildman–Crippen LogP) is 3.19. The van der Waals surface area contributed by atoms with Gasteiger partial charge in [-0.2, -0.15) is 0 Å². The summed E-state index contributed by atoms with van der Waals surface area (Å²) in [5, 5.41) is 6.50. The molecule has 0 aliphatic carbocycles. The van der Waals surface area contributed by atoms with E-state index in [-0.39, 0.29) is 17.4 Å². The molecule has 4 rings (SSSR count). The van der Waals surface area contributed by atoms with E-state index in [1.165, 1.54) is 6.07 Å². The number of hydrogen-bond acceptors (Lipinski definition) is 4. The van der Waals surface area contributed by atoms with Crippen LogP contribution in [-0.2, 0) is 11.2 Å². The van der Waals surface area contributed by atoms with Crippen molar-refractivity contribution in [3.8, 4) is 0 Å². The zero-order valence-electron chi connectivity index (χ0n) is 16.1. The Bertz CT molecular complexity index is 1080. The topological polar surface area (TPSA) is 102 Å². The second-order valence-electron chi connectivity index (χ2n) is 7.00. The van der Waals surface area contributed by atoms with Crippen molar-refractivity contribution in [1.29, 1.82) is 0 Å². The summed E-state index contributed by atoms with van der Waals surface area (Å²) in [5.41, 5.74) is 7.45. The minimum Gasteiger partial charge on any atom is -0.363 e. The van der Waals surface area contributed by atoms with Gasteiger partial charge in [0, 0.05) is 18.2 Å². The molecule has 2 amide bonds. The van der Waals surface area contributed by atoms with E-state index < -0.39 is 17.5 Å². The first-order valence-corrected chi connectivity index (χ1v) is 9.19. The normalized spacial score (nSPS) is 13.3. The van der Waals surface area contributed by atoms with Crippen LogP contribution < -0.4 is 11.1 Å². The highest BCUT2D eigenvalue weighted by atomic mass is 19.1. The summed E-state index contributed by atoms with van der Waals surface area (Å²) in [5.74, 6) is -1.74. The molecule has 9 heteroatoms. The van der Waals surface area contributed by atoms with E-state index >= 15 is 0 Å². The molecular formula is C20H21F2N5O2. The van der Waals surface area contributed by atoms with Crippen molar-refractivity contribution < 1.29 is 18.4 Å². The SMILES string of the molecule is CC(C)c1cccc2nc(C(N)=O)nn12.O=C1CCCc2cc(F)cc(F)c2N1. The summed E-state index contributed by atoms with van der Waals surface area (Å²) in [6.45, 7) is 4.11. The highest BCUT2D eigenvalue weighted by molar-refractivity contribution is 5.92. The van der Waals surface area contributed by atoms with E-state index in [2.05, 4.69) is 29.2 Å². The van der Waals surface area contributed by atoms with Gasteiger partial charge in [-0.15, -0.1) is 5.10 Å². The molecule has 1 aromatic carbocycles. The molecule has 0 saturated heterocycles. The smallest absolute Gasteiger partial charge is 0.288 e. The number of amides is 2. The molecular weight excluding hydrogens is 380 g/mol. The fraction of sp³-hybridized carbons (Fsp3) is 0.300.